The fourth-order valence-electron chi connectivity index (χ4n) is 5.87. The SMILES string of the molecule is CN=C(NC1C2CCCOC2C1(C)C)N1CCCC2(CCCOC2)C1. The smallest absolute Gasteiger partial charge is 0.193 e. The van der Waals surface area contributed by atoms with Crippen molar-refractivity contribution in [1.82, 2.24) is 10.2 Å². The Morgan fingerprint density at radius 2 is 2.00 bits per heavy atom. The van der Waals surface area contributed by atoms with Gasteiger partial charge in [-0.3, -0.25) is 4.99 Å². The van der Waals surface area contributed by atoms with Crippen molar-refractivity contribution in [2.75, 3.05) is 40.0 Å². The number of nitrogens with one attached hydrogen (secondary N) is 1. The standard InChI is InChI=1S/C20H35N3O2/c1-19(2)16(15-7-4-12-25-17(15)19)22-18(21-3)23-10-5-8-20(13-23)9-6-11-24-14-20/h15-17H,4-14H2,1-3H3,(H,21,22). The molecule has 4 unspecified atom stereocenters. The predicted octanol–water partition coefficient (Wildman–Crippen LogP) is 2.66. The van der Waals surface area contributed by atoms with Crippen molar-refractivity contribution >= 4 is 5.96 Å². The van der Waals surface area contributed by atoms with Crippen LogP contribution in [0.4, 0.5) is 0 Å². The molecule has 25 heavy (non-hydrogen) atoms. The fourth-order valence-corrected chi connectivity index (χ4v) is 5.87. The van der Waals surface area contributed by atoms with Gasteiger partial charge < -0.3 is 19.7 Å². The van der Waals surface area contributed by atoms with Crippen LogP contribution in [0.1, 0.15) is 52.4 Å². The Morgan fingerprint density at radius 3 is 2.76 bits per heavy atom. The molecule has 142 valence electrons. The van der Waals surface area contributed by atoms with Crippen LogP contribution in [0, 0.1) is 16.7 Å². The molecule has 4 atom stereocenters. The molecule has 1 saturated carbocycles. The van der Waals surface area contributed by atoms with Gasteiger partial charge in [0, 0.05) is 56.1 Å². The topological polar surface area (TPSA) is 46.1 Å². The Hall–Kier alpha value is -0.810. The molecular weight excluding hydrogens is 314 g/mol. The number of ether oxygens (including phenoxy) is 2. The molecule has 3 heterocycles. The summed E-state index contributed by atoms with van der Waals surface area (Å²) in [4.78, 5) is 7.16. The van der Waals surface area contributed by atoms with Gasteiger partial charge in [0.05, 0.1) is 12.7 Å². The Balaban J connectivity index is 1.44. The van der Waals surface area contributed by atoms with Gasteiger partial charge in [0.25, 0.3) is 0 Å². The van der Waals surface area contributed by atoms with Crippen molar-refractivity contribution < 1.29 is 9.47 Å². The quantitative estimate of drug-likeness (QED) is 0.584. The highest BCUT2D eigenvalue weighted by molar-refractivity contribution is 5.80. The van der Waals surface area contributed by atoms with E-state index in [-0.39, 0.29) is 5.41 Å². The first-order valence-electron chi connectivity index (χ1n) is 10.2. The first-order chi connectivity index (χ1) is 12.1. The summed E-state index contributed by atoms with van der Waals surface area (Å²) >= 11 is 0. The number of fused-ring (bicyclic) bond motifs is 1. The molecule has 5 nitrogen and oxygen atoms in total. The average molecular weight is 350 g/mol. The van der Waals surface area contributed by atoms with Gasteiger partial charge in [-0.05, 0) is 38.5 Å². The van der Waals surface area contributed by atoms with Crippen LogP contribution in [-0.2, 0) is 9.47 Å². The van der Waals surface area contributed by atoms with Crippen molar-refractivity contribution in [3.63, 3.8) is 0 Å². The van der Waals surface area contributed by atoms with Crippen LogP contribution in [0.5, 0.6) is 0 Å². The number of hydrogen-bond donors (Lipinski definition) is 1. The lowest BCUT2D eigenvalue weighted by Crippen LogP contribution is -2.71. The molecule has 0 aromatic heterocycles. The predicted molar refractivity (Wildman–Crippen MR) is 99.8 cm³/mol. The lowest BCUT2D eigenvalue weighted by Gasteiger charge is -2.60. The number of rotatable bonds is 1. The van der Waals surface area contributed by atoms with Crippen molar-refractivity contribution in [3.8, 4) is 0 Å². The molecule has 0 bridgehead atoms. The van der Waals surface area contributed by atoms with Gasteiger partial charge in [-0.25, -0.2) is 0 Å². The number of aliphatic imine (C=N–C) groups is 1. The molecule has 1 aliphatic carbocycles. The van der Waals surface area contributed by atoms with Gasteiger partial charge >= 0.3 is 0 Å². The summed E-state index contributed by atoms with van der Waals surface area (Å²) in [5.74, 6) is 1.73. The molecule has 1 N–H and O–H groups in total. The third-order valence-corrected chi connectivity index (χ3v) is 7.19. The number of piperidine rings is 1. The largest absolute Gasteiger partial charge is 0.381 e. The van der Waals surface area contributed by atoms with Gasteiger partial charge in [-0.2, -0.15) is 0 Å². The lowest BCUT2D eigenvalue weighted by molar-refractivity contribution is -0.189. The van der Waals surface area contributed by atoms with Crippen molar-refractivity contribution in [3.05, 3.63) is 0 Å². The molecule has 0 amide bonds. The van der Waals surface area contributed by atoms with Gasteiger partial charge in [0.2, 0.25) is 0 Å². The maximum Gasteiger partial charge on any atom is 0.193 e. The van der Waals surface area contributed by atoms with E-state index in [1.165, 1.54) is 38.5 Å². The maximum absolute atomic E-state index is 6.06. The van der Waals surface area contributed by atoms with Crippen LogP contribution >= 0.6 is 0 Å². The number of nitrogens with zero attached hydrogens (tertiary/aromatic N) is 2. The Bertz CT molecular complexity index is 508. The Labute approximate surface area is 152 Å². The molecule has 4 rings (SSSR count). The van der Waals surface area contributed by atoms with E-state index in [0.29, 0.717) is 23.5 Å². The van der Waals surface area contributed by atoms with Crippen LogP contribution in [0.2, 0.25) is 0 Å². The summed E-state index contributed by atoms with van der Waals surface area (Å²) in [5.41, 5.74) is 0.530. The summed E-state index contributed by atoms with van der Waals surface area (Å²) in [6.07, 6.45) is 7.93. The molecule has 4 aliphatic rings. The molecule has 4 fully saturated rings. The minimum absolute atomic E-state index is 0.183. The van der Waals surface area contributed by atoms with E-state index in [1.54, 1.807) is 0 Å². The third kappa shape index (κ3) is 3.08. The van der Waals surface area contributed by atoms with Gasteiger partial charge in [0.1, 0.15) is 0 Å². The summed E-state index contributed by atoms with van der Waals surface area (Å²) in [5, 5.41) is 3.84. The zero-order valence-corrected chi connectivity index (χ0v) is 16.2. The van der Waals surface area contributed by atoms with Crippen molar-refractivity contribution in [2.45, 2.75) is 64.5 Å². The second kappa shape index (κ2) is 6.73. The molecule has 1 spiro atoms. The number of guanidine groups is 1. The van der Waals surface area contributed by atoms with E-state index < -0.39 is 0 Å². The van der Waals surface area contributed by atoms with Crippen LogP contribution in [-0.4, -0.2) is 63.0 Å². The van der Waals surface area contributed by atoms with Gasteiger partial charge in [0.15, 0.2) is 5.96 Å². The second-order valence-electron chi connectivity index (χ2n) is 9.27. The van der Waals surface area contributed by atoms with E-state index in [2.05, 4.69) is 29.1 Å². The summed E-state index contributed by atoms with van der Waals surface area (Å²) in [7, 11) is 1.93. The minimum Gasteiger partial charge on any atom is -0.381 e. The van der Waals surface area contributed by atoms with Crippen LogP contribution < -0.4 is 5.32 Å². The average Bonchev–Trinajstić information content (AvgIpc) is 2.63. The van der Waals surface area contributed by atoms with E-state index in [1.807, 2.05) is 7.05 Å². The van der Waals surface area contributed by atoms with E-state index in [9.17, 15) is 0 Å². The van der Waals surface area contributed by atoms with Crippen molar-refractivity contribution in [2.24, 2.45) is 21.7 Å². The number of likely N-dealkylation sites (tertiary alicyclic amines) is 1. The van der Waals surface area contributed by atoms with Crippen LogP contribution in [0.15, 0.2) is 4.99 Å². The van der Waals surface area contributed by atoms with E-state index in [0.717, 1.165) is 38.9 Å². The zero-order valence-electron chi connectivity index (χ0n) is 16.2. The van der Waals surface area contributed by atoms with E-state index in [4.69, 9.17) is 9.47 Å². The molecule has 0 aromatic rings. The Morgan fingerprint density at radius 1 is 1.16 bits per heavy atom. The Kier molecular flexibility index (Phi) is 4.74. The first kappa shape index (κ1) is 17.6. The maximum atomic E-state index is 6.06. The highest BCUT2D eigenvalue weighted by Gasteiger charge is 2.58. The molecular formula is C20H35N3O2. The zero-order chi connectivity index (χ0) is 17.5. The van der Waals surface area contributed by atoms with E-state index >= 15 is 0 Å². The molecule has 5 heteroatoms. The van der Waals surface area contributed by atoms with Crippen molar-refractivity contribution in [1.29, 1.82) is 0 Å². The van der Waals surface area contributed by atoms with Gasteiger partial charge in [-0.15, -0.1) is 0 Å². The minimum atomic E-state index is 0.183. The summed E-state index contributed by atoms with van der Waals surface area (Å²) < 4.78 is 11.9. The van der Waals surface area contributed by atoms with Gasteiger partial charge in [-0.1, -0.05) is 13.8 Å². The first-order valence-corrected chi connectivity index (χ1v) is 10.2. The monoisotopic (exact) mass is 349 g/mol. The summed E-state index contributed by atoms with van der Waals surface area (Å²) in [6, 6.07) is 0.469. The third-order valence-electron chi connectivity index (χ3n) is 7.19. The fraction of sp³-hybridized carbons (Fsp3) is 0.950. The molecule has 3 aliphatic heterocycles. The molecule has 3 saturated heterocycles. The highest BCUT2D eigenvalue weighted by Crippen LogP contribution is 2.51. The highest BCUT2D eigenvalue weighted by atomic mass is 16.5. The summed E-state index contributed by atoms with van der Waals surface area (Å²) in [6.45, 7) is 9.68. The number of hydrogen-bond acceptors (Lipinski definition) is 3. The lowest BCUT2D eigenvalue weighted by atomic mass is 9.55. The normalized spacial score (nSPS) is 41.2. The molecule has 0 aromatic carbocycles. The second-order valence-corrected chi connectivity index (χ2v) is 9.27. The van der Waals surface area contributed by atoms with Crippen LogP contribution in [0.25, 0.3) is 0 Å². The molecule has 0 radical (unpaired) electrons. The van der Waals surface area contributed by atoms with Crippen LogP contribution in [0.3, 0.4) is 0 Å².